The van der Waals surface area contributed by atoms with E-state index in [1.54, 1.807) is 0 Å². The summed E-state index contributed by atoms with van der Waals surface area (Å²) in [5.41, 5.74) is 2.04. The van der Waals surface area contributed by atoms with Gasteiger partial charge in [-0.15, -0.1) is 0 Å². The van der Waals surface area contributed by atoms with Gasteiger partial charge in [0.05, 0.1) is 17.1 Å². The summed E-state index contributed by atoms with van der Waals surface area (Å²) in [7, 11) is 0. The van der Waals surface area contributed by atoms with Gasteiger partial charge in [0.1, 0.15) is 0 Å². The fourth-order valence-electron chi connectivity index (χ4n) is 3.32. The van der Waals surface area contributed by atoms with Gasteiger partial charge in [0.2, 0.25) is 5.91 Å². The van der Waals surface area contributed by atoms with E-state index in [2.05, 4.69) is 30.4 Å². The lowest BCUT2D eigenvalue weighted by Gasteiger charge is -2.30. The summed E-state index contributed by atoms with van der Waals surface area (Å²) in [6.45, 7) is 4.04. The molecule has 1 saturated heterocycles. The van der Waals surface area contributed by atoms with Crippen molar-refractivity contribution in [3.63, 3.8) is 0 Å². The molecule has 0 aliphatic carbocycles. The lowest BCUT2D eigenvalue weighted by Crippen LogP contribution is -2.39. The first kappa shape index (κ1) is 15.5. The molecule has 4 nitrogen and oxygen atoms in total. The van der Waals surface area contributed by atoms with Crippen LogP contribution in [0.5, 0.6) is 0 Å². The Bertz CT molecular complexity index is 804. The molecule has 4 rings (SSSR count). The van der Waals surface area contributed by atoms with Gasteiger partial charge in [-0.2, -0.15) is 0 Å². The molecule has 0 bridgehead atoms. The number of thioether (sulfide) groups is 1. The molecular formula is C19H21N3OS. The third-order valence-corrected chi connectivity index (χ3v) is 5.67. The second-order valence-corrected chi connectivity index (χ2v) is 7.54. The Morgan fingerprint density at radius 2 is 2.00 bits per heavy atom. The highest BCUT2D eigenvalue weighted by Gasteiger charge is 2.21. The van der Waals surface area contributed by atoms with Crippen LogP contribution in [0.4, 0.5) is 11.4 Å². The molecule has 2 aliphatic rings. The molecule has 1 fully saturated rings. The van der Waals surface area contributed by atoms with Crippen molar-refractivity contribution in [1.29, 1.82) is 0 Å². The van der Waals surface area contributed by atoms with Gasteiger partial charge in [0, 0.05) is 18.5 Å². The minimum Gasteiger partial charge on any atom is -0.342 e. The van der Waals surface area contributed by atoms with Gasteiger partial charge in [-0.3, -0.25) is 4.79 Å². The van der Waals surface area contributed by atoms with E-state index in [1.807, 2.05) is 23.1 Å². The van der Waals surface area contributed by atoms with Gasteiger partial charge in [0.25, 0.3) is 0 Å². The average molecular weight is 339 g/mol. The summed E-state index contributed by atoms with van der Waals surface area (Å²) in [6, 6.07) is 12.4. The summed E-state index contributed by atoms with van der Waals surface area (Å²) < 4.78 is 0. The number of benzene rings is 2. The molecule has 124 valence electrons. The largest absolute Gasteiger partial charge is 0.342 e. The predicted molar refractivity (Wildman–Crippen MR) is 102 cm³/mol. The topological polar surface area (TPSA) is 44.7 Å². The zero-order valence-corrected chi connectivity index (χ0v) is 14.6. The number of amidine groups is 1. The Morgan fingerprint density at radius 1 is 1.25 bits per heavy atom. The fourth-order valence-corrected chi connectivity index (χ4v) is 4.11. The number of nitrogens with one attached hydrogen (secondary N) is 1. The number of nitrogens with zero attached hydrogens (tertiary/aromatic N) is 2. The number of hydrogen-bond acceptors (Lipinski definition) is 4. The van der Waals surface area contributed by atoms with Crippen molar-refractivity contribution in [1.82, 2.24) is 4.90 Å². The Balaban J connectivity index is 1.45. The number of aliphatic imine (C=N–C) groups is 1. The average Bonchev–Trinajstić information content (AvgIpc) is 2.61. The van der Waals surface area contributed by atoms with Crippen molar-refractivity contribution < 1.29 is 4.79 Å². The molecule has 1 N–H and O–H groups in total. The number of carbonyl (C=O) groups excluding carboxylic acids is 1. The molecule has 5 heteroatoms. The van der Waals surface area contributed by atoms with E-state index in [-0.39, 0.29) is 5.91 Å². The maximum Gasteiger partial charge on any atom is 0.233 e. The van der Waals surface area contributed by atoms with Crippen LogP contribution in [-0.2, 0) is 4.79 Å². The van der Waals surface area contributed by atoms with Crippen LogP contribution in [0.15, 0.2) is 41.4 Å². The Labute approximate surface area is 146 Å². The number of hydrogen-bond donors (Lipinski definition) is 1. The molecule has 0 atom stereocenters. The van der Waals surface area contributed by atoms with Crippen molar-refractivity contribution in [3.8, 4) is 0 Å². The molecule has 2 heterocycles. The third-order valence-electron chi connectivity index (χ3n) is 4.82. The van der Waals surface area contributed by atoms with Crippen LogP contribution in [0, 0.1) is 5.92 Å². The number of rotatable bonds is 2. The normalized spacial score (nSPS) is 17.5. The van der Waals surface area contributed by atoms with Crippen molar-refractivity contribution in [2.75, 3.05) is 24.2 Å². The molecule has 0 radical (unpaired) electrons. The molecule has 2 aromatic rings. The van der Waals surface area contributed by atoms with Crippen LogP contribution in [0.25, 0.3) is 10.8 Å². The second-order valence-electron chi connectivity index (χ2n) is 6.57. The van der Waals surface area contributed by atoms with E-state index in [0.29, 0.717) is 5.75 Å². The number of likely N-dealkylation sites (tertiary alicyclic amines) is 1. The molecular weight excluding hydrogens is 318 g/mol. The quantitative estimate of drug-likeness (QED) is 0.890. The first-order valence-corrected chi connectivity index (χ1v) is 9.47. The van der Waals surface area contributed by atoms with Gasteiger partial charge in [0.15, 0.2) is 5.17 Å². The first-order chi connectivity index (χ1) is 11.7. The van der Waals surface area contributed by atoms with Crippen molar-refractivity contribution in [3.05, 3.63) is 36.4 Å². The maximum atomic E-state index is 12.4. The lowest BCUT2D eigenvalue weighted by molar-refractivity contribution is -0.129. The van der Waals surface area contributed by atoms with Gasteiger partial charge in [-0.05, 0) is 36.3 Å². The molecule has 2 aromatic carbocycles. The molecule has 0 saturated carbocycles. The van der Waals surface area contributed by atoms with Crippen LogP contribution < -0.4 is 5.32 Å². The SMILES string of the molecule is CC1CCN(C(=O)CSC2=Nc3cccc4cccc(c34)N2)CC1. The first-order valence-electron chi connectivity index (χ1n) is 8.49. The number of amides is 1. The standard InChI is InChI=1S/C19H21N3OS/c1-13-8-10-22(11-9-13)17(23)12-24-19-20-15-6-2-4-14-5-3-7-16(21-19)18(14)15/h2-7,13H,8-12H2,1H3,(H,20,21). The molecule has 0 unspecified atom stereocenters. The highest BCUT2D eigenvalue weighted by atomic mass is 32.2. The highest BCUT2D eigenvalue weighted by Crippen LogP contribution is 2.36. The van der Waals surface area contributed by atoms with Crippen LogP contribution in [0.2, 0.25) is 0 Å². The van der Waals surface area contributed by atoms with Gasteiger partial charge >= 0.3 is 0 Å². The zero-order valence-electron chi connectivity index (χ0n) is 13.8. The van der Waals surface area contributed by atoms with E-state index < -0.39 is 0 Å². The molecule has 0 aromatic heterocycles. The molecule has 1 amide bonds. The molecule has 24 heavy (non-hydrogen) atoms. The number of piperidine rings is 1. The maximum absolute atomic E-state index is 12.4. The van der Waals surface area contributed by atoms with Crippen LogP contribution >= 0.6 is 11.8 Å². The summed E-state index contributed by atoms with van der Waals surface area (Å²) in [5, 5.41) is 6.51. The summed E-state index contributed by atoms with van der Waals surface area (Å²) in [4.78, 5) is 19.1. The Hall–Kier alpha value is -2.01. The molecule has 0 spiro atoms. The third kappa shape index (κ3) is 3.00. The minimum absolute atomic E-state index is 0.216. The van der Waals surface area contributed by atoms with Crippen molar-refractivity contribution >= 4 is 45.0 Å². The smallest absolute Gasteiger partial charge is 0.233 e. The van der Waals surface area contributed by atoms with E-state index in [1.165, 1.54) is 17.1 Å². The van der Waals surface area contributed by atoms with E-state index in [4.69, 9.17) is 4.99 Å². The van der Waals surface area contributed by atoms with Crippen LogP contribution in [0.1, 0.15) is 19.8 Å². The van der Waals surface area contributed by atoms with Crippen LogP contribution in [0.3, 0.4) is 0 Å². The summed E-state index contributed by atoms with van der Waals surface area (Å²) >= 11 is 1.50. The Morgan fingerprint density at radius 3 is 2.79 bits per heavy atom. The number of anilines is 1. The van der Waals surface area contributed by atoms with E-state index in [0.717, 1.165) is 53.8 Å². The number of carbonyl (C=O) groups is 1. The molecule has 2 aliphatic heterocycles. The minimum atomic E-state index is 0.216. The lowest BCUT2D eigenvalue weighted by atomic mass is 9.99. The van der Waals surface area contributed by atoms with Crippen LogP contribution in [-0.4, -0.2) is 34.8 Å². The summed E-state index contributed by atoms with van der Waals surface area (Å²) in [5.74, 6) is 1.40. The van der Waals surface area contributed by atoms with Gasteiger partial charge < -0.3 is 10.2 Å². The van der Waals surface area contributed by atoms with Crippen molar-refractivity contribution in [2.24, 2.45) is 10.9 Å². The summed E-state index contributed by atoms with van der Waals surface area (Å²) in [6.07, 6.45) is 2.23. The Kier molecular flexibility index (Phi) is 4.19. The zero-order chi connectivity index (χ0) is 16.5. The van der Waals surface area contributed by atoms with Crippen molar-refractivity contribution in [2.45, 2.75) is 19.8 Å². The second kappa shape index (κ2) is 6.48. The monoisotopic (exact) mass is 339 g/mol. The van der Waals surface area contributed by atoms with Gasteiger partial charge in [-0.25, -0.2) is 4.99 Å². The van der Waals surface area contributed by atoms with E-state index in [9.17, 15) is 4.79 Å². The van der Waals surface area contributed by atoms with E-state index >= 15 is 0 Å². The van der Waals surface area contributed by atoms with Gasteiger partial charge in [-0.1, -0.05) is 43.0 Å². The highest BCUT2D eigenvalue weighted by molar-refractivity contribution is 8.14. The predicted octanol–water partition coefficient (Wildman–Crippen LogP) is 4.24. The fraction of sp³-hybridized carbons (Fsp3) is 0.368.